The minimum atomic E-state index is -4.61. The predicted molar refractivity (Wildman–Crippen MR) is 183 cm³/mol. The first-order valence-corrected chi connectivity index (χ1v) is 17.3. The Balaban J connectivity index is 1.49. The molecule has 0 aliphatic rings. The molecule has 1 amide bonds. The van der Waals surface area contributed by atoms with Gasteiger partial charge in [0.1, 0.15) is 0 Å². The first-order chi connectivity index (χ1) is 23.0. The second kappa shape index (κ2) is 14.2. The molecule has 12 heteroatoms. The summed E-state index contributed by atoms with van der Waals surface area (Å²) in [4.78, 5) is 12.5. The number of nitrogens with zero attached hydrogens (tertiary/aromatic N) is 1. The van der Waals surface area contributed by atoms with Crippen molar-refractivity contribution >= 4 is 27.6 Å². The molecule has 0 fully saturated rings. The maximum Gasteiger partial charge on any atom is 0.416 e. The fraction of sp³-hybridized carbons (Fsp3) is 0.243. The van der Waals surface area contributed by atoms with Crippen molar-refractivity contribution < 1.29 is 35.5 Å². The van der Waals surface area contributed by atoms with Crippen LogP contribution in [0.25, 0.3) is 22.5 Å². The second-order valence-corrected chi connectivity index (χ2v) is 14.8. The smallest absolute Gasteiger partial charge is 0.356 e. The van der Waals surface area contributed by atoms with Crippen LogP contribution in [0.5, 0.6) is 0 Å². The molecule has 0 aliphatic heterocycles. The average molecular weight is 711 g/mol. The van der Waals surface area contributed by atoms with Crippen LogP contribution in [0, 0.1) is 0 Å². The van der Waals surface area contributed by atoms with Crippen LogP contribution in [0.1, 0.15) is 65.0 Å². The number of rotatable bonds is 10. The summed E-state index contributed by atoms with van der Waals surface area (Å²) in [5, 5.41) is 7.18. The number of carbonyl (C=O) groups excluding carboxylic acids is 1. The lowest BCUT2D eigenvalue weighted by Gasteiger charge is -2.21. The first-order valence-electron chi connectivity index (χ1n) is 15.3. The molecule has 0 radical (unpaired) electrons. The van der Waals surface area contributed by atoms with E-state index in [2.05, 4.69) is 31.2 Å². The molecule has 0 saturated carbocycles. The third kappa shape index (κ3) is 9.38. The van der Waals surface area contributed by atoms with Crippen molar-refractivity contribution in [3.8, 4) is 22.5 Å². The van der Waals surface area contributed by atoms with Gasteiger partial charge in [0.25, 0.3) is 16.0 Å². The molecule has 2 N–H and O–H groups in total. The predicted octanol–water partition coefficient (Wildman–Crippen LogP) is 8.97. The molecule has 1 aromatic heterocycles. The van der Waals surface area contributed by atoms with Gasteiger partial charge in [0.2, 0.25) is 0 Å². The molecule has 256 valence electrons. The van der Waals surface area contributed by atoms with Crippen LogP contribution in [-0.2, 0) is 28.1 Å². The number of aromatic nitrogens is 1. The summed E-state index contributed by atoms with van der Waals surface area (Å²) in [5.41, 5.74) is 3.79. The van der Waals surface area contributed by atoms with E-state index >= 15 is 0 Å². The topological polar surface area (TPSA) is 110 Å². The lowest BCUT2D eigenvalue weighted by Crippen LogP contribution is -2.28. The van der Waals surface area contributed by atoms with Gasteiger partial charge in [-0.2, -0.15) is 21.6 Å². The zero-order valence-corrected chi connectivity index (χ0v) is 28.5. The number of nitrogens with one attached hydrogen (secondary N) is 1. The fourth-order valence-corrected chi connectivity index (χ4v) is 5.94. The van der Waals surface area contributed by atoms with Gasteiger partial charge < -0.3 is 9.84 Å². The van der Waals surface area contributed by atoms with Crippen LogP contribution in [0.15, 0.2) is 102 Å². The van der Waals surface area contributed by atoms with Gasteiger partial charge in [0.15, 0.2) is 5.76 Å². The Hall–Kier alpha value is -4.45. The lowest BCUT2D eigenvalue weighted by molar-refractivity contribution is -0.137. The first kappa shape index (κ1) is 35.8. The molecule has 5 rings (SSSR count). The van der Waals surface area contributed by atoms with E-state index in [4.69, 9.17) is 20.7 Å². The Bertz CT molecular complexity index is 2050. The minimum absolute atomic E-state index is 0.0863. The second-order valence-electron chi connectivity index (χ2n) is 12.8. The minimum Gasteiger partial charge on any atom is -0.356 e. The van der Waals surface area contributed by atoms with Gasteiger partial charge in [-0.25, -0.2) is 0 Å². The summed E-state index contributed by atoms with van der Waals surface area (Å²) in [5.74, 6) is -1.30. The highest BCUT2D eigenvalue weighted by atomic mass is 35.5. The summed E-state index contributed by atoms with van der Waals surface area (Å²) in [6.45, 7) is 6.08. The van der Waals surface area contributed by atoms with Gasteiger partial charge in [0, 0.05) is 34.7 Å². The van der Waals surface area contributed by atoms with E-state index in [1.807, 2.05) is 24.3 Å². The van der Waals surface area contributed by atoms with Gasteiger partial charge in [0.05, 0.1) is 17.0 Å². The number of benzene rings is 4. The molecule has 1 atom stereocenters. The molecular weight excluding hydrogens is 677 g/mol. The van der Waals surface area contributed by atoms with Crippen molar-refractivity contribution in [2.45, 2.75) is 44.7 Å². The van der Waals surface area contributed by atoms with E-state index in [1.165, 1.54) is 0 Å². The Kier molecular flexibility index (Phi) is 10.4. The van der Waals surface area contributed by atoms with E-state index in [0.717, 1.165) is 28.8 Å². The summed E-state index contributed by atoms with van der Waals surface area (Å²) >= 11 is 6.14. The van der Waals surface area contributed by atoms with Crippen LogP contribution in [0.2, 0.25) is 5.02 Å². The molecule has 49 heavy (non-hydrogen) atoms. The number of alkyl halides is 3. The SMILES string of the molecule is CC(C)(C)c1ccc(C(Cc2ccc(C(=O)NCCS(=O)(=O)O)cc2)c2cc(-c3cc(-c4cccc(Cl)c4)cc(C(F)(F)F)c3)on2)cc1. The van der Waals surface area contributed by atoms with Crippen LogP contribution >= 0.6 is 11.6 Å². The van der Waals surface area contributed by atoms with Crippen molar-refractivity contribution in [1.29, 1.82) is 0 Å². The average Bonchev–Trinajstić information content (AvgIpc) is 3.52. The van der Waals surface area contributed by atoms with E-state index in [-0.39, 0.29) is 29.2 Å². The summed E-state index contributed by atoms with van der Waals surface area (Å²) in [7, 11) is -4.21. The largest absolute Gasteiger partial charge is 0.416 e. The van der Waals surface area contributed by atoms with E-state index in [9.17, 15) is 26.4 Å². The molecule has 1 unspecified atom stereocenters. The van der Waals surface area contributed by atoms with Crippen LogP contribution < -0.4 is 5.32 Å². The van der Waals surface area contributed by atoms with Gasteiger partial charge in [-0.3, -0.25) is 9.35 Å². The molecule has 5 aromatic rings. The number of halogens is 4. The number of amides is 1. The molecular formula is C37H34ClF3N2O5S. The Morgan fingerprint density at radius 2 is 1.55 bits per heavy atom. The highest BCUT2D eigenvalue weighted by molar-refractivity contribution is 7.85. The van der Waals surface area contributed by atoms with E-state index in [0.29, 0.717) is 33.8 Å². The van der Waals surface area contributed by atoms with Crippen molar-refractivity contribution in [1.82, 2.24) is 10.5 Å². The van der Waals surface area contributed by atoms with Crippen molar-refractivity contribution in [2.24, 2.45) is 0 Å². The van der Waals surface area contributed by atoms with E-state index in [1.54, 1.807) is 60.7 Å². The zero-order chi connectivity index (χ0) is 35.6. The lowest BCUT2D eigenvalue weighted by atomic mass is 9.83. The van der Waals surface area contributed by atoms with Gasteiger partial charge in [-0.1, -0.05) is 86.1 Å². The Morgan fingerprint density at radius 1 is 0.878 bits per heavy atom. The highest BCUT2D eigenvalue weighted by Crippen LogP contribution is 2.38. The quantitative estimate of drug-likeness (QED) is 0.140. The molecule has 7 nitrogen and oxygen atoms in total. The normalized spacial score (nSPS) is 12.9. The van der Waals surface area contributed by atoms with Crippen LogP contribution in [0.3, 0.4) is 0 Å². The van der Waals surface area contributed by atoms with Crippen molar-refractivity contribution in [3.05, 3.63) is 136 Å². The van der Waals surface area contributed by atoms with Crippen molar-refractivity contribution in [3.63, 3.8) is 0 Å². The maximum atomic E-state index is 14.0. The van der Waals surface area contributed by atoms with E-state index < -0.39 is 33.5 Å². The number of hydrogen-bond donors (Lipinski definition) is 2. The van der Waals surface area contributed by atoms with Crippen molar-refractivity contribution in [2.75, 3.05) is 12.3 Å². The molecule has 0 bridgehead atoms. The monoisotopic (exact) mass is 710 g/mol. The molecule has 0 saturated heterocycles. The third-order valence-corrected chi connectivity index (χ3v) is 9.02. The number of hydrogen-bond acceptors (Lipinski definition) is 5. The zero-order valence-electron chi connectivity index (χ0n) is 26.9. The number of carbonyl (C=O) groups is 1. The molecule has 0 aliphatic carbocycles. The molecule has 0 spiro atoms. The summed E-state index contributed by atoms with van der Waals surface area (Å²) in [6.07, 6.45) is -4.19. The summed E-state index contributed by atoms with van der Waals surface area (Å²) in [6, 6.07) is 26.8. The molecule has 1 heterocycles. The van der Waals surface area contributed by atoms with Gasteiger partial charge >= 0.3 is 6.18 Å². The van der Waals surface area contributed by atoms with Crippen LogP contribution in [0.4, 0.5) is 13.2 Å². The Labute approximate surface area is 287 Å². The van der Waals surface area contributed by atoms with Gasteiger partial charge in [-0.05, 0) is 82.1 Å². The maximum absolute atomic E-state index is 14.0. The summed E-state index contributed by atoms with van der Waals surface area (Å²) < 4.78 is 78.6. The highest BCUT2D eigenvalue weighted by Gasteiger charge is 2.32. The standard InChI is InChI=1S/C37H34ClF3N2O5S/c1-36(2,3)29-13-11-24(12-14-29)32(17-23-7-9-25(10-8-23)35(44)42-15-16-49(45,46)47)33-22-34(48-43-33)28-18-27(19-30(20-28)37(39,40)41)26-5-4-6-31(38)21-26/h4-14,18-22,32H,15-17H2,1-3H3,(H,42,44)(H,45,46,47). The van der Waals surface area contributed by atoms with Gasteiger partial charge in [-0.15, -0.1) is 0 Å². The third-order valence-electron chi connectivity index (χ3n) is 8.07. The molecule has 4 aromatic carbocycles. The van der Waals surface area contributed by atoms with Crippen LogP contribution in [-0.4, -0.2) is 36.3 Å². The fourth-order valence-electron chi connectivity index (χ4n) is 5.39. The Morgan fingerprint density at radius 3 is 2.16 bits per heavy atom.